The van der Waals surface area contributed by atoms with E-state index in [4.69, 9.17) is 18.0 Å². The molecule has 1 aliphatic heterocycles. The standard InChI is InChI=1S/C16H27N3OS/c1-12-10-16(11-12,14(17)21)15(20)19-8-6-18(7-9-19)13-4-2-3-5-13/h12-13H,2-11H2,1H3,(H2,17,21). The Balaban J connectivity index is 1.58. The molecule has 118 valence electrons. The van der Waals surface area contributed by atoms with Crippen molar-refractivity contribution in [3.8, 4) is 0 Å². The SMILES string of the molecule is CC1CC(C(=O)N2CCN(C3CCCC3)CC2)(C(N)=S)C1. The van der Waals surface area contributed by atoms with Crippen molar-refractivity contribution >= 4 is 23.1 Å². The zero-order valence-electron chi connectivity index (χ0n) is 13.0. The van der Waals surface area contributed by atoms with Gasteiger partial charge in [-0.25, -0.2) is 0 Å². The van der Waals surface area contributed by atoms with Gasteiger partial charge in [0.1, 0.15) is 0 Å². The fourth-order valence-electron chi connectivity index (χ4n) is 4.47. The van der Waals surface area contributed by atoms with Gasteiger partial charge in [-0.3, -0.25) is 9.69 Å². The number of piperazine rings is 1. The van der Waals surface area contributed by atoms with Crippen LogP contribution in [0.2, 0.25) is 0 Å². The largest absolute Gasteiger partial charge is 0.392 e. The highest BCUT2D eigenvalue weighted by molar-refractivity contribution is 7.80. The summed E-state index contributed by atoms with van der Waals surface area (Å²) in [5, 5.41) is 0. The van der Waals surface area contributed by atoms with Crippen LogP contribution in [0, 0.1) is 11.3 Å². The van der Waals surface area contributed by atoms with Gasteiger partial charge in [0.15, 0.2) is 0 Å². The predicted molar refractivity (Wildman–Crippen MR) is 88.0 cm³/mol. The van der Waals surface area contributed by atoms with E-state index in [1.807, 2.05) is 4.90 Å². The summed E-state index contributed by atoms with van der Waals surface area (Å²) in [6, 6.07) is 0.760. The molecule has 0 aromatic carbocycles. The van der Waals surface area contributed by atoms with E-state index in [-0.39, 0.29) is 5.91 Å². The lowest BCUT2D eigenvalue weighted by atomic mass is 9.61. The van der Waals surface area contributed by atoms with Crippen LogP contribution in [-0.4, -0.2) is 52.9 Å². The van der Waals surface area contributed by atoms with Gasteiger partial charge in [-0.15, -0.1) is 0 Å². The van der Waals surface area contributed by atoms with Crippen LogP contribution in [0.1, 0.15) is 45.4 Å². The molecule has 0 radical (unpaired) electrons. The van der Waals surface area contributed by atoms with Crippen molar-refractivity contribution in [2.75, 3.05) is 26.2 Å². The number of nitrogens with zero attached hydrogens (tertiary/aromatic N) is 2. The van der Waals surface area contributed by atoms with Crippen molar-refractivity contribution in [3.63, 3.8) is 0 Å². The van der Waals surface area contributed by atoms with Crippen LogP contribution in [0.25, 0.3) is 0 Å². The summed E-state index contributed by atoms with van der Waals surface area (Å²) in [6.45, 7) is 5.88. The molecule has 5 heteroatoms. The third kappa shape index (κ3) is 2.70. The highest BCUT2D eigenvalue weighted by Gasteiger charge is 2.52. The minimum absolute atomic E-state index is 0.194. The quantitative estimate of drug-likeness (QED) is 0.807. The summed E-state index contributed by atoms with van der Waals surface area (Å²) in [6.07, 6.45) is 7.08. The van der Waals surface area contributed by atoms with Crippen molar-refractivity contribution in [1.29, 1.82) is 0 Å². The van der Waals surface area contributed by atoms with Crippen LogP contribution < -0.4 is 5.73 Å². The average Bonchev–Trinajstić information content (AvgIpc) is 2.97. The van der Waals surface area contributed by atoms with Gasteiger partial charge in [0.05, 0.1) is 10.4 Å². The van der Waals surface area contributed by atoms with Crippen LogP contribution in [0.15, 0.2) is 0 Å². The molecule has 3 rings (SSSR count). The average molecular weight is 309 g/mol. The van der Waals surface area contributed by atoms with E-state index in [1.54, 1.807) is 0 Å². The molecule has 2 aliphatic carbocycles. The summed E-state index contributed by atoms with van der Waals surface area (Å²) in [5.74, 6) is 0.759. The zero-order valence-corrected chi connectivity index (χ0v) is 13.8. The number of hydrogen-bond donors (Lipinski definition) is 1. The number of nitrogens with two attached hydrogens (primary N) is 1. The maximum Gasteiger partial charge on any atom is 0.235 e. The van der Waals surface area contributed by atoms with Gasteiger partial charge < -0.3 is 10.6 Å². The van der Waals surface area contributed by atoms with E-state index < -0.39 is 5.41 Å². The molecule has 1 amide bonds. The van der Waals surface area contributed by atoms with Gasteiger partial charge in [0.2, 0.25) is 5.91 Å². The minimum Gasteiger partial charge on any atom is -0.392 e. The molecule has 1 heterocycles. The monoisotopic (exact) mass is 309 g/mol. The molecule has 0 bridgehead atoms. The Morgan fingerprint density at radius 1 is 1.14 bits per heavy atom. The van der Waals surface area contributed by atoms with Gasteiger partial charge in [-0.05, 0) is 31.6 Å². The summed E-state index contributed by atoms with van der Waals surface area (Å²) in [5.41, 5.74) is 5.38. The van der Waals surface area contributed by atoms with Crippen molar-refractivity contribution in [2.45, 2.75) is 51.5 Å². The van der Waals surface area contributed by atoms with Gasteiger partial charge in [0, 0.05) is 32.2 Å². The number of carbonyl (C=O) groups is 1. The molecule has 0 aromatic heterocycles. The molecular weight excluding hydrogens is 282 g/mol. The normalized spacial score (nSPS) is 34.7. The molecule has 2 N–H and O–H groups in total. The smallest absolute Gasteiger partial charge is 0.235 e. The number of amides is 1. The molecule has 21 heavy (non-hydrogen) atoms. The number of carbonyl (C=O) groups excluding carboxylic acids is 1. The second-order valence-electron chi connectivity index (χ2n) is 7.23. The molecule has 3 fully saturated rings. The van der Waals surface area contributed by atoms with Crippen molar-refractivity contribution in [1.82, 2.24) is 9.80 Å². The van der Waals surface area contributed by atoms with Gasteiger partial charge in [-0.2, -0.15) is 0 Å². The maximum absolute atomic E-state index is 12.9. The fraction of sp³-hybridized carbons (Fsp3) is 0.875. The van der Waals surface area contributed by atoms with Crippen LogP contribution in [0.3, 0.4) is 0 Å². The Labute approximate surface area is 133 Å². The van der Waals surface area contributed by atoms with Crippen LogP contribution in [-0.2, 0) is 4.79 Å². The molecule has 0 spiro atoms. The second-order valence-corrected chi connectivity index (χ2v) is 7.67. The van der Waals surface area contributed by atoms with E-state index >= 15 is 0 Å². The zero-order chi connectivity index (χ0) is 15.0. The summed E-state index contributed by atoms with van der Waals surface area (Å²) in [7, 11) is 0. The number of rotatable bonds is 3. The lowest BCUT2D eigenvalue weighted by molar-refractivity contribution is -0.146. The molecule has 1 saturated heterocycles. The Morgan fingerprint density at radius 3 is 2.19 bits per heavy atom. The van der Waals surface area contributed by atoms with E-state index in [2.05, 4.69) is 11.8 Å². The first-order valence-electron chi connectivity index (χ1n) is 8.36. The Kier molecular flexibility index (Phi) is 4.23. The Hall–Kier alpha value is -0.680. The Bertz CT molecular complexity index is 419. The molecule has 4 nitrogen and oxygen atoms in total. The summed E-state index contributed by atoms with van der Waals surface area (Å²) >= 11 is 5.21. The second kappa shape index (κ2) is 5.84. The Morgan fingerprint density at radius 2 is 1.71 bits per heavy atom. The van der Waals surface area contributed by atoms with Crippen molar-refractivity contribution in [2.24, 2.45) is 17.1 Å². The number of hydrogen-bond acceptors (Lipinski definition) is 3. The first-order chi connectivity index (χ1) is 10.0. The molecule has 0 unspecified atom stereocenters. The predicted octanol–water partition coefficient (Wildman–Crippen LogP) is 1.78. The maximum atomic E-state index is 12.9. The summed E-state index contributed by atoms with van der Waals surface area (Å²) in [4.78, 5) is 17.9. The fourth-order valence-corrected chi connectivity index (χ4v) is 4.73. The lowest BCUT2D eigenvalue weighted by Crippen LogP contribution is -2.60. The molecular formula is C16H27N3OS. The van der Waals surface area contributed by atoms with Crippen molar-refractivity contribution in [3.05, 3.63) is 0 Å². The van der Waals surface area contributed by atoms with Crippen LogP contribution >= 0.6 is 12.2 Å². The van der Waals surface area contributed by atoms with Gasteiger partial charge in [0.25, 0.3) is 0 Å². The third-order valence-electron chi connectivity index (χ3n) is 5.72. The molecule has 3 aliphatic rings. The topological polar surface area (TPSA) is 49.6 Å². The van der Waals surface area contributed by atoms with E-state index in [9.17, 15) is 4.79 Å². The molecule has 0 aromatic rings. The minimum atomic E-state index is -0.524. The summed E-state index contributed by atoms with van der Waals surface area (Å²) < 4.78 is 0. The van der Waals surface area contributed by atoms with Crippen molar-refractivity contribution < 1.29 is 4.79 Å². The van der Waals surface area contributed by atoms with E-state index in [0.29, 0.717) is 10.9 Å². The highest BCUT2D eigenvalue weighted by Crippen LogP contribution is 2.47. The van der Waals surface area contributed by atoms with Crippen LogP contribution in [0.4, 0.5) is 0 Å². The molecule has 0 atom stereocenters. The first-order valence-corrected chi connectivity index (χ1v) is 8.77. The first kappa shape index (κ1) is 15.2. The van der Waals surface area contributed by atoms with Gasteiger partial charge >= 0.3 is 0 Å². The van der Waals surface area contributed by atoms with E-state index in [1.165, 1.54) is 25.7 Å². The van der Waals surface area contributed by atoms with Crippen LogP contribution in [0.5, 0.6) is 0 Å². The lowest BCUT2D eigenvalue weighted by Gasteiger charge is -2.48. The molecule has 2 saturated carbocycles. The third-order valence-corrected chi connectivity index (χ3v) is 6.11. The van der Waals surface area contributed by atoms with E-state index in [0.717, 1.165) is 45.1 Å². The number of thiocarbonyl (C=S) groups is 1. The highest BCUT2D eigenvalue weighted by atomic mass is 32.1. The van der Waals surface area contributed by atoms with Gasteiger partial charge in [-0.1, -0.05) is 32.0 Å².